The average Bonchev–Trinajstić information content (AvgIpc) is 2.83. The summed E-state index contributed by atoms with van der Waals surface area (Å²) >= 11 is 1.63. The van der Waals surface area contributed by atoms with Gasteiger partial charge in [0.1, 0.15) is 0 Å². The fraction of sp³-hybridized carbons (Fsp3) is 0.647. The van der Waals surface area contributed by atoms with E-state index in [0.29, 0.717) is 18.8 Å². The Kier molecular flexibility index (Phi) is 5.75. The summed E-state index contributed by atoms with van der Waals surface area (Å²) < 4.78 is 0. The molecule has 2 N–H and O–H groups in total. The van der Waals surface area contributed by atoms with E-state index < -0.39 is 0 Å². The van der Waals surface area contributed by atoms with E-state index in [4.69, 9.17) is 5.73 Å². The molecule has 1 aliphatic rings. The zero-order valence-electron chi connectivity index (χ0n) is 13.7. The van der Waals surface area contributed by atoms with Crippen LogP contribution in [0.5, 0.6) is 0 Å². The first-order valence-electron chi connectivity index (χ1n) is 8.02. The third-order valence-corrected chi connectivity index (χ3v) is 5.43. The van der Waals surface area contributed by atoms with Crippen LogP contribution in [0.15, 0.2) is 6.07 Å². The van der Waals surface area contributed by atoms with E-state index in [1.807, 2.05) is 31.7 Å². The molecule has 0 bridgehead atoms. The first-order chi connectivity index (χ1) is 10.4. The highest BCUT2D eigenvalue weighted by Gasteiger charge is 2.26. The number of amides is 1. The summed E-state index contributed by atoms with van der Waals surface area (Å²) in [5, 5.41) is 0. The zero-order chi connectivity index (χ0) is 16.3. The quantitative estimate of drug-likeness (QED) is 0.848. The van der Waals surface area contributed by atoms with Crippen LogP contribution in [-0.2, 0) is 4.79 Å². The molecule has 1 aromatic heterocycles. The Hall–Kier alpha value is -1.20. The fourth-order valence-corrected chi connectivity index (χ4v) is 4.03. The Morgan fingerprint density at radius 2 is 2.14 bits per heavy atom. The molecule has 0 spiro atoms. The Morgan fingerprint density at radius 1 is 1.41 bits per heavy atom. The van der Waals surface area contributed by atoms with E-state index >= 15 is 0 Å². The molecule has 4 nitrogen and oxygen atoms in total. The molecule has 0 aromatic carbocycles. The Balaban J connectivity index is 1.87. The van der Waals surface area contributed by atoms with E-state index in [9.17, 15) is 9.59 Å². The molecule has 22 heavy (non-hydrogen) atoms. The third kappa shape index (κ3) is 4.17. The molecule has 122 valence electrons. The van der Waals surface area contributed by atoms with Crippen LogP contribution in [0, 0.1) is 19.8 Å². The van der Waals surface area contributed by atoms with Crippen molar-refractivity contribution in [3.63, 3.8) is 0 Å². The number of rotatable bonds is 5. The van der Waals surface area contributed by atoms with Crippen LogP contribution < -0.4 is 5.73 Å². The fourth-order valence-electron chi connectivity index (χ4n) is 3.09. The number of likely N-dealkylation sites (tertiary alicyclic amines) is 1. The van der Waals surface area contributed by atoms with Crippen LogP contribution in [0.2, 0.25) is 0 Å². The summed E-state index contributed by atoms with van der Waals surface area (Å²) in [5.74, 6) is 0.550. The second-order valence-corrected chi connectivity index (χ2v) is 7.81. The maximum absolute atomic E-state index is 12.3. The van der Waals surface area contributed by atoms with Crippen LogP contribution in [0.3, 0.4) is 0 Å². The molecule has 1 amide bonds. The van der Waals surface area contributed by atoms with Crippen molar-refractivity contribution in [1.82, 2.24) is 4.90 Å². The molecule has 2 heterocycles. The Morgan fingerprint density at radius 3 is 2.73 bits per heavy atom. The smallest absolute Gasteiger partial charge is 0.223 e. The summed E-state index contributed by atoms with van der Waals surface area (Å²) in [7, 11) is 0. The lowest BCUT2D eigenvalue weighted by Crippen LogP contribution is -2.45. The topological polar surface area (TPSA) is 63.4 Å². The zero-order valence-corrected chi connectivity index (χ0v) is 14.5. The SMILES string of the molecule is Cc1cc(C(=O)CCC(=O)N2CCCC(C(C)N)C2)c(C)s1. The minimum Gasteiger partial charge on any atom is -0.342 e. The third-order valence-electron chi connectivity index (χ3n) is 4.46. The molecule has 0 saturated carbocycles. The standard InChI is InChI=1S/C17H26N2O2S/c1-11-9-15(13(3)22-11)16(20)6-7-17(21)19-8-4-5-14(10-19)12(2)18/h9,12,14H,4-8,10,18H2,1-3H3. The summed E-state index contributed by atoms with van der Waals surface area (Å²) in [6, 6.07) is 2.05. The van der Waals surface area contributed by atoms with E-state index in [0.717, 1.165) is 41.2 Å². The van der Waals surface area contributed by atoms with Crippen molar-refractivity contribution in [3.05, 3.63) is 21.4 Å². The van der Waals surface area contributed by atoms with Crippen LogP contribution in [0.4, 0.5) is 0 Å². The van der Waals surface area contributed by atoms with E-state index in [-0.39, 0.29) is 17.7 Å². The predicted octanol–water partition coefficient (Wildman–Crippen LogP) is 2.91. The van der Waals surface area contributed by atoms with E-state index in [2.05, 4.69) is 0 Å². The van der Waals surface area contributed by atoms with Crippen molar-refractivity contribution in [2.24, 2.45) is 11.7 Å². The molecule has 1 saturated heterocycles. The summed E-state index contributed by atoms with van der Waals surface area (Å²) in [4.78, 5) is 28.7. The number of ketones is 1. The molecule has 2 rings (SSSR count). The maximum atomic E-state index is 12.3. The number of nitrogens with two attached hydrogens (primary N) is 1. The van der Waals surface area contributed by atoms with Crippen molar-refractivity contribution >= 4 is 23.0 Å². The number of piperidine rings is 1. The largest absolute Gasteiger partial charge is 0.342 e. The predicted molar refractivity (Wildman–Crippen MR) is 90.3 cm³/mol. The lowest BCUT2D eigenvalue weighted by Gasteiger charge is -2.34. The van der Waals surface area contributed by atoms with Crippen LogP contribution >= 0.6 is 11.3 Å². The van der Waals surface area contributed by atoms with Gasteiger partial charge in [0.2, 0.25) is 5.91 Å². The minimum absolute atomic E-state index is 0.0796. The minimum atomic E-state index is 0.0796. The van der Waals surface area contributed by atoms with Crippen LogP contribution in [0.1, 0.15) is 52.7 Å². The van der Waals surface area contributed by atoms with Crippen molar-refractivity contribution < 1.29 is 9.59 Å². The van der Waals surface area contributed by atoms with Crippen molar-refractivity contribution in [1.29, 1.82) is 0 Å². The van der Waals surface area contributed by atoms with Gasteiger partial charge in [-0.1, -0.05) is 0 Å². The van der Waals surface area contributed by atoms with E-state index in [1.165, 1.54) is 0 Å². The van der Waals surface area contributed by atoms with Crippen molar-refractivity contribution in [2.45, 2.75) is 52.5 Å². The van der Waals surface area contributed by atoms with Gasteiger partial charge in [0, 0.05) is 47.3 Å². The number of aryl methyl sites for hydroxylation is 2. The molecule has 0 aliphatic carbocycles. The van der Waals surface area contributed by atoms with Crippen LogP contribution in [0.25, 0.3) is 0 Å². The number of Topliss-reactive ketones (excluding diaryl/α,β-unsaturated/α-hetero) is 1. The number of carbonyl (C=O) groups excluding carboxylic acids is 2. The van der Waals surface area contributed by atoms with Crippen molar-refractivity contribution in [2.75, 3.05) is 13.1 Å². The molecular formula is C17H26N2O2S. The van der Waals surface area contributed by atoms with Gasteiger partial charge < -0.3 is 10.6 Å². The summed E-state index contributed by atoms with van der Waals surface area (Å²) in [6.45, 7) is 7.50. The van der Waals surface area contributed by atoms with Gasteiger partial charge in [-0.25, -0.2) is 0 Å². The monoisotopic (exact) mass is 322 g/mol. The average molecular weight is 322 g/mol. The summed E-state index contributed by atoms with van der Waals surface area (Å²) in [6.07, 6.45) is 2.70. The second-order valence-electron chi connectivity index (χ2n) is 6.35. The lowest BCUT2D eigenvalue weighted by atomic mass is 9.92. The molecule has 1 fully saturated rings. The Bertz CT molecular complexity index is 551. The van der Waals surface area contributed by atoms with Crippen molar-refractivity contribution in [3.8, 4) is 0 Å². The first-order valence-corrected chi connectivity index (χ1v) is 8.83. The second kappa shape index (κ2) is 7.38. The highest BCUT2D eigenvalue weighted by molar-refractivity contribution is 7.12. The molecule has 2 atom stereocenters. The van der Waals surface area contributed by atoms with Gasteiger partial charge in [0.25, 0.3) is 0 Å². The van der Waals surface area contributed by atoms with Gasteiger partial charge in [-0.2, -0.15) is 0 Å². The highest BCUT2D eigenvalue weighted by Crippen LogP contribution is 2.23. The Labute approximate surface area is 136 Å². The van der Waals surface area contributed by atoms with E-state index in [1.54, 1.807) is 11.3 Å². The summed E-state index contributed by atoms with van der Waals surface area (Å²) in [5.41, 5.74) is 6.74. The van der Waals surface area contributed by atoms with Gasteiger partial charge in [0.05, 0.1) is 0 Å². The molecule has 2 unspecified atom stereocenters. The number of nitrogens with zero attached hydrogens (tertiary/aromatic N) is 1. The van der Waals surface area contributed by atoms with Gasteiger partial charge >= 0.3 is 0 Å². The van der Waals surface area contributed by atoms with Gasteiger partial charge in [0.15, 0.2) is 5.78 Å². The van der Waals surface area contributed by atoms with Gasteiger partial charge in [-0.05, 0) is 45.6 Å². The molecule has 0 radical (unpaired) electrons. The molecule has 1 aliphatic heterocycles. The number of hydrogen-bond acceptors (Lipinski definition) is 4. The van der Waals surface area contributed by atoms with Gasteiger partial charge in [-0.15, -0.1) is 11.3 Å². The van der Waals surface area contributed by atoms with Crippen LogP contribution in [-0.4, -0.2) is 35.7 Å². The highest BCUT2D eigenvalue weighted by atomic mass is 32.1. The number of carbonyl (C=O) groups is 2. The lowest BCUT2D eigenvalue weighted by molar-refractivity contribution is -0.133. The maximum Gasteiger partial charge on any atom is 0.223 e. The molecule has 5 heteroatoms. The normalized spacial score (nSPS) is 20.0. The molecule has 1 aromatic rings. The number of hydrogen-bond donors (Lipinski definition) is 1. The van der Waals surface area contributed by atoms with Gasteiger partial charge in [-0.3, -0.25) is 9.59 Å². The number of thiophene rings is 1. The molecular weight excluding hydrogens is 296 g/mol. The first kappa shape index (κ1) is 17.2.